The van der Waals surface area contributed by atoms with E-state index in [9.17, 15) is 4.79 Å². The number of nitrogens with zero attached hydrogens (tertiary/aromatic N) is 2. The zero-order chi connectivity index (χ0) is 18.8. The molecule has 6 heteroatoms. The van der Waals surface area contributed by atoms with Crippen LogP contribution in [0.1, 0.15) is 17.1 Å². The van der Waals surface area contributed by atoms with E-state index in [1.807, 2.05) is 18.2 Å². The standard InChI is InChI=1S/C21H20N4OS/c1-14-7-9-15(10-8-14)21-22-16(13-27-21)11-25(2)12-19-23-18-6-4-3-5-17(18)20(26)24-19/h3-10,13H,11-12H2,1-2H3,(H,23,24,26)/p+1. The summed E-state index contributed by atoms with van der Waals surface area (Å²) in [6, 6.07) is 15.9. The van der Waals surface area contributed by atoms with E-state index in [-0.39, 0.29) is 5.56 Å². The molecule has 4 aromatic rings. The lowest BCUT2D eigenvalue weighted by atomic mass is 10.2. The zero-order valence-corrected chi connectivity index (χ0v) is 16.1. The first-order valence-corrected chi connectivity index (χ1v) is 9.77. The molecule has 2 aromatic carbocycles. The van der Waals surface area contributed by atoms with Crippen molar-refractivity contribution in [2.24, 2.45) is 0 Å². The topological polar surface area (TPSA) is 63.1 Å². The van der Waals surface area contributed by atoms with Crippen molar-refractivity contribution < 1.29 is 4.90 Å². The number of aromatic amines is 1. The van der Waals surface area contributed by atoms with Crippen LogP contribution in [-0.2, 0) is 13.1 Å². The first-order valence-electron chi connectivity index (χ1n) is 8.89. The van der Waals surface area contributed by atoms with Crippen LogP contribution in [0.3, 0.4) is 0 Å². The molecule has 1 unspecified atom stereocenters. The maximum absolute atomic E-state index is 12.2. The Morgan fingerprint density at radius 2 is 1.81 bits per heavy atom. The Morgan fingerprint density at radius 1 is 1.04 bits per heavy atom. The van der Waals surface area contributed by atoms with E-state index in [1.54, 1.807) is 17.4 Å². The largest absolute Gasteiger partial charge is 0.326 e. The molecule has 0 aliphatic heterocycles. The summed E-state index contributed by atoms with van der Waals surface area (Å²) in [5.74, 6) is 0.699. The van der Waals surface area contributed by atoms with Crippen molar-refractivity contribution in [1.29, 1.82) is 0 Å². The van der Waals surface area contributed by atoms with Crippen LogP contribution in [0.5, 0.6) is 0 Å². The number of quaternary nitrogens is 1. The molecule has 4 rings (SSSR count). The predicted molar refractivity (Wildman–Crippen MR) is 109 cm³/mol. The normalized spacial score (nSPS) is 12.4. The predicted octanol–water partition coefficient (Wildman–Crippen LogP) is 2.57. The maximum Gasteiger partial charge on any atom is 0.258 e. The summed E-state index contributed by atoms with van der Waals surface area (Å²) in [6.45, 7) is 3.50. The van der Waals surface area contributed by atoms with Crippen LogP contribution in [0.15, 0.2) is 58.7 Å². The Balaban J connectivity index is 1.48. The van der Waals surface area contributed by atoms with E-state index in [2.05, 4.69) is 53.6 Å². The Bertz CT molecular complexity index is 1130. The molecular formula is C21H21N4OS+. The van der Waals surface area contributed by atoms with Crippen LogP contribution in [-0.4, -0.2) is 22.0 Å². The molecule has 2 heterocycles. The number of para-hydroxylation sites is 1. The molecule has 0 spiro atoms. The molecule has 0 bridgehead atoms. The highest BCUT2D eigenvalue weighted by molar-refractivity contribution is 7.13. The second-order valence-corrected chi connectivity index (χ2v) is 7.71. The van der Waals surface area contributed by atoms with Crippen molar-refractivity contribution in [3.8, 4) is 10.6 Å². The van der Waals surface area contributed by atoms with Crippen molar-refractivity contribution in [2.45, 2.75) is 20.0 Å². The Labute approximate surface area is 161 Å². The summed E-state index contributed by atoms with van der Waals surface area (Å²) >= 11 is 1.66. The number of nitrogens with one attached hydrogen (secondary N) is 2. The van der Waals surface area contributed by atoms with Crippen LogP contribution in [0.4, 0.5) is 0 Å². The van der Waals surface area contributed by atoms with Gasteiger partial charge in [-0.05, 0) is 19.1 Å². The van der Waals surface area contributed by atoms with Crippen molar-refractivity contribution in [2.75, 3.05) is 7.05 Å². The number of H-pyrrole nitrogens is 1. The van der Waals surface area contributed by atoms with E-state index in [1.165, 1.54) is 10.5 Å². The van der Waals surface area contributed by atoms with E-state index in [0.717, 1.165) is 28.3 Å². The molecule has 0 amide bonds. The highest BCUT2D eigenvalue weighted by Gasteiger charge is 2.12. The molecule has 0 radical (unpaired) electrons. The van der Waals surface area contributed by atoms with Crippen LogP contribution < -0.4 is 10.5 Å². The molecule has 2 aromatic heterocycles. The van der Waals surface area contributed by atoms with E-state index in [0.29, 0.717) is 17.8 Å². The number of thiazole rings is 1. The molecule has 2 N–H and O–H groups in total. The van der Waals surface area contributed by atoms with Gasteiger partial charge >= 0.3 is 0 Å². The van der Waals surface area contributed by atoms with Gasteiger partial charge in [-0.3, -0.25) is 4.79 Å². The smallest absolute Gasteiger partial charge is 0.258 e. The van der Waals surface area contributed by atoms with Gasteiger partial charge in [0.1, 0.15) is 23.8 Å². The van der Waals surface area contributed by atoms with Crippen LogP contribution in [0, 0.1) is 6.92 Å². The first kappa shape index (κ1) is 17.6. The summed E-state index contributed by atoms with van der Waals surface area (Å²) in [5.41, 5.74) is 4.10. The van der Waals surface area contributed by atoms with Gasteiger partial charge in [0.2, 0.25) is 0 Å². The van der Waals surface area contributed by atoms with Gasteiger partial charge in [-0.15, -0.1) is 11.3 Å². The number of aryl methyl sites for hydroxylation is 1. The second kappa shape index (κ2) is 7.42. The van der Waals surface area contributed by atoms with Crippen LogP contribution >= 0.6 is 11.3 Å². The number of aromatic nitrogens is 3. The van der Waals surface area contributed by atoms with Crippen molar-refractivity contribution in [1.82, 2.24) is 15.0 Å². The fraction of sp³-hybridized carbons (Fsp3) is 0.190. The van der Waals surface area contributed by atoms with Gasteiger partial charge in [0.15, 0.2) is 5.82 Å². The summed E-state index contributed by atoms with van der Waals surface area (Å²) in [6.07, 6.45) is 0. The number of hydrogen-bond acceptors (Lipinski definition) is 4. The summed E-state index contributed by atoms with van der Waals surface area (Å²) in [4.78, 5) is 25.7. The van der Waals surface area contributed by atoms with Gasteiger partial charge < -0.3 is 9.88 Å². The number of benzene rings is 2. The third-order valence-electron chi connectivity index (χ3n) is 4.46. The third kappa shape index (κ3) is 3.97. The van der Waals surface area contributed by atoms with E-state index >= 15 is 0 Å². The van der Waals surface area contributed by atoms with Crippen LogP contribution in [0.25, 0.3) is 21.5 Å². The van der Waals surface area contributed by atoms with E-state index in [4.69, 9.17) is 4.98 Å². The van der Waals surface area contributed by atoms with E-state index < -0.39 is 0 Å². The van der Waals surface area contributed by atoms with Gasteiger partial charge in [-0.2, -0.15) is 0 Å². The van der Waals surface area contributed by atoms with Gasteiger partial charge in [0.25, 0.3) is 5.56 Å². The molecule has 27 heavy (non-hydrogen) atoms. The SMILES string of the molecule is Cc1ccc(-c2nc(C[NH+](C)Cc3nc4ccccc4c(=O)[nH]3)cs2)cc1. The van der Waals surface area contributed by atoms with Gasteiger partial charge in [0, 0.05) is 10.9 Å². The lowest BCUT2D eigenvalue weighted by Crippen LogP contribution is -3.06. The number of hydrogen-bond donors (Lipinski definition) is 2. The lowest BCUT2D eigenvalue weighted by Gasteiger charge is -2.12. The molecule has 0 saturated heterocycles. The average molecular weight is 377 g/mol. The fourth-order valence-corrected chi connectivity index (χ4v) is 3.92. The number of rotatable bonds is 5. The van der Waals surface area contributed by atoms with Crippen molar-refractivity contribution in [3.63, 3.8) is 0 Å². The Morgan fingerprint density at radius 3 is 2.63 bits per heavy atom. The highest BCUT2D eigenvalue weighted by Crippen LogP contribution is 2.23. The molecule has 0 fully saturated rings. The average Bonchev–Trinajstić information content (AvgIpc) is 3.10. The fourth-order valence-electron chi connectivity index (χ4n) is 3.09. The minimum Gasteiger partial charge on any atom is -0.326 e. The summed E-state index contributed by atoms with van der Waals surface area (Å²) in [5, 5.41) is 3.77. The van der Waals surface area contributed by atoms with Crippen molar-refractivity contribution >= 4 is 22.2 Å². The Hall–Kier alpha value is -2.83. The summed E-state index contributed by atoms with van der Waals surface area (Å²) < 4.78 is 0. The second-order valence-electron chi connectivity index (χ2n) is 6.85. The minimum atomic E-state index is -0.0845. The van der Waals surface area contributed by atoms with Crippen molar-refractivity contribution in [3.05, 3.63) is 81.3 Å². The molecule has 0 aliphatic rings. The minimum absolute atomic E-state index is 0.0845. The van der Waals surface area contributed by atoms with Gasteiger partial charge in [-0.25, -0.2) is 9.97 Å². The van der Waals surface area contributed by atoms with Gasteiger partial charge in [0.05, 0.1) is 18.0 Å². The Kier molecular flexibility index (Phi) is 4.83. The monoisotopic (exact) mass is 377 g/mol. The molecular weight excluding hydrogens is 356 g/mol. The molecule has 0 saturated carbocycles. The molecule has 136 valence electrons. The molecule has 0 aliphatic carbocycles. The molecule has 5 nitrogen and oxygen atoms in total. The molecule has 1 atom stereocenters. The van der Waals surface area contributed by atoms with Gasteiger partial charge in [-0.1, -0.05) is 42.0 Å². The zero-order valence-electron chi connectivity index (χ0n) is 15.3. The number of fused-ring (bicyclic) bond motifs is 1. The maximum atomic E-state index is 12.2. The quantitative estimate of drug-likeness (QED) is 0.562. The lowest BCUT2D eigenvalue weighted by molar-refractivity contribution is -0.908. The third-order valence-corrected chi connectivity index (χ3v) is 5.40. The first-order chi connectivity index (χ1) is 13.1. The van der Waals surface area contributed by atoms with Crippen LogP contribution in [0.2, 0.25) is 0 Å². The highest BCUT2D eigenvalue weighted by atomic mass is 32.1. The summed E-state index contributed by atoms with van der Waals surface area (Å²) in [7, 11) is 2.08.